The van der Waals surface area contributed by atoms with Crippen molar-refractivity contribution in [3.05, 3.63) is 36.0 Å². The SMILES string of the molecule is C.C.CCN1C(=O)CN(C)c2nc(NC3CC(COc4cccc(C(F)(F)F)c4)C3)ncc21. The fourth-order valence-corrected chi connectivity index (χ4v) is 3.90. The minimum absolute atomic E-state index is 0. The predicted molar refractivity (Wildman–Crippen MR) is 124 cm³/mol. The average molecular weight is 468 g/mol. The fourth-order valence-electron chi connectivity index (χ4n) is 3.90. The van der Waals surface area contributed by atoms with Gasteiger partial charge in [-0.2, -0.15) is 18.2 Å². The molecule has 0 bridgehead atoms. The van der Waals surface area contributed by atoms with Crippen molar-refractivity contribution in [1.82, 2.24) is 9.97 Å². The number of fused-ring (bicyclic) bond motifs is 1. The van der Waals surface area contributed by atoms with Crippen LogP contribution in [0.15, 0.2) is 30.5 Å². The number of hydrogen-bond donors (Lipinski definition) is 1. The number of rotatable bonds is 6. The molecular formula is C23H32F3N5O2. The zero-order valence-electron chi connectivity index (χ0n) is 17.3. The number of ether oxygens (including phenoxy) is 1. The molecule has 1 aliphatic carbocycles. The summed E-state index contributed by atoms with van der Waals surface area (Å²) < 4.78 is 43.9. The molecule has 2 heterocycles. The Morgan fingerprint density at radius 1 is 1.24 bits per heavy atom. The van der Waals surface area contributed by atoms with Crippen LogP contribution in [0.5, 0.6) is 5.75 Å². The summed E-state index contributed by atoms with van der Waals surface area (Å²) in [5.74, 6) is 1.70. The fraction of sp³-hybridized carbons (Fsp3) is 0.522. The third kappa shape index (κ3) is 5.66. The number of carbonyl (C=O) groups is 1. The summed E-state index contributed by atoms with van der Waals surface area (Å²) in [5, 5.41) is 3.29. The number of carbonyl (C=O) groups excluding carboxylic acids is 1. The zero-order chi connectivity index (χ0) is 22.2. The monoisotopic (exact) mass is 467 g/mol. The van der Waals surface area contributed by atoms with E-state index in [-0.39, 0.29) is 45.0 Å². The Bertz CT molecular complexity index is 963. The number of amides is 1. The van der Waals surface area contributed by atoms with Gasteiger partial charge in [-0.3, -0.25) is 4.79 Å². The maximum absolute atomic E-state index is 12.8. The van der Waals surface area contributed by atoms with Crippen molar-refractivity contribution in [3.8, 4) is 5.75 Å². The van der Waals surface area contributed by atoms with Crippen LogP contribution < -0.4 is 19.9 Å². The number of nitrogens with one attached hydrogen (secondary N) is 1. The standard InChI is InChI=1S/C21H24F3N5O2.2CH4/c1-3-29-17-10-25-20(27-19(17)28(2)11-18(29)30)26-15-7-13(8-15)12-31-16-6-4-5-14(9-16)21(22,23)24;;/h4-6,9-10,13,15H,3,7-8,11-12H2,1-2H3,(H,25,26,27);2*1H4. The van der Waals surface area contributed by atoms with Crippen LogP contribution in [0, 0.1) is 5.92 Å². The molecule has 1 fully saturated rings. The summed E-state index contributed by atoms with van der Waals surface area (Å²) in [6, 6.07) is 5.11. The molecule has 0 saturated heterocycles. The molecule has 33 heavy (non-hydrogen) atoms. The van der Waals surface area contributed by atoms with Gasteiger partial charge < -0.3 is 19.9 Å². The number of hydrogen-bond acceptors (Lipinski definition) is 6. The highest BCUT2D eigenvalue weighted by Gasteiger charge is 2.33. The molecule has 1 amide bonds. The summed E-state index contributed by atoms with van der Waals surface area (Å²) in [5.41, 5.74) is -0.0104. The number of benzene rings is 1. The van der Waals surface area contributed by atoms with E-state index in [0.29, 0.717) is 30.6 Å². The van der Waals surface area contributed by atoms with Crippen LogP contribution in [0.1, 0.15) is 40.2 Å². The first-order valence-corrected chi connectivity index (χ1v) is 10.2. The van der Waals surface area contributed by atoms with Gasteiger partial charge in [-0.25, -0.2) is 4.98 Å². The average Bonchev–Trinajstić information content (AvgIpc) is 2.69. The number of alkyl halides is 3. The highest BCUT2D eigenvalue weighted by Crippen LogP contribution is 2.35. The summed E-state index contributed by atoms with van der Waals surface area (Å²) in [4.78, 5) is 24.5. The van der Waals surface area contributed by atoms with E-state index in [0.717, 1.165) is 25.0 Å². The van der Waals surface area contributed by atoms with Crippen LogP contribution in [-0.4, -0.2) is 48.7 Å². The summed E-state index contributed by atoms with van der Waals surface area (Å²) in [6.45, 7) is 3.11. The van der Waals surface area contributed by atoms with Crippen molar-refractivity contribution in [2.75, 3.05) is 41.9 Å². The lowest BCUT2D eigenvalue weighted by Gasteiger charge is -2.36. The number of nitrogens with zero attached hydrogens (tertiary/aromatic N) is 4. The second-order valence-corrected chi connectivity index (χ2v) is 7.91. The predicted octanol–water partition coefficient (Wildman–Crippen LogP) is 4.84. The molecule has 2 aliphatic rings. The van der Waals surface area contributed by atoms with Gasteiger partial charge in [0.1, 0.15) is 11.4 Å². The van der Waals surface area contributed by atoms with Crippen LogP contribution in [0.2, 0.25) is 0 Å². The highest BCUT2D eigenvalue weighted by atomic mass is 19.4. The molecule has 1 aliphatic heterocycles. The number of anilines is 3. The molecule has 0 unspecified atom stereocenters. The van der Waals surface area contributed by atoms with Gasteiger partial charge in [0.2, 0.25) is 11.9 Å². The smallest absolute Gasteiger partial charge is 0.416 e. The molecule has 1 N–H and O–H groups in total. The zero-order valence-corrected chi connectivity index (χ0v) is 17.3. The quantitative estimate of drug-likeness (QED) is 0.656. The van der Waals surface area contributed by atoms with Gasteiger partial charge in [0, 0.05) is 19.6 Å². The van der Waals surface area contributed by atoms with Gasteiger partial charge in [0.15, 0.2) is 5.82 Å². The Kier molecular flexibility index (Phi) is 8.16. The number of halogens is 3. The van der Waals surface area contributed by atoms with Crippen molar-refractivity contribution in [1.29, 1.82) is 0 Å². The second-order valence-electron chi connectivity index (χ2n) is 7.91. The Hall–Kier alpha value is -3.04. The first-order valence-electron chi connectivity index (χ1n) is 10.2. The third-order valence-corrected chi connectivity index (χ3v) is 5.61. The van der Waals surface area contributed by atoms with E-state index in [1.165, 1.54) is 12.1 Å². The lowest BCUT2D eigenvalue weighted by Crippen LogP contribution is -2.45. The maximum atomic E-state index is 12.8. The molecule has 1 saturated carbocycles. The van der Waals surface area contributed by atoms with Crippen molar-refractivity contribution < 1.29 is 22.7 Å². The van der Waals surface area contributed by atoms with Crippen LogP contribution >= 0.6 is 0 Å². The van der Waals surface area contributed by atoms with E-state index < -0.39 is 11.7 Å². The normalized spacial score (nSPS) is 19.6. The molecule has 182 valence electrons. The summed E-state index contributed by atoms with van der Waals surface area (Å²) in [7, 11) is 1.82. The third-order valence-electron chi connectivity index (χ3n) is 5.61. The minimum atomic E-state index is -4.38. The Morgan fingerprint density at radius 3 is 2.64 bits per heavy atom. The molecule has 0 atom stereocenters. The molecule has 10 heteroatoms. The topological polar surface area (TPSA) is 70.6 Å². The van der Waals surface area contributed by atoms with E-state index in [1.807, 2.05) is 18.9 Å². The molecule has 7 nitrogen and oxygen atoms in total. The van der Waals surface area contributed by atoms with E-state index in [1.54, 1.807) is 11.1 Å². The lowest BCUT2D eigenvalue weighted by molar-refractivity contribution is -0.137. The number of aromatic nitrogens is 2. The molecule has 4 rings (SSSR count). The van der Waals surface area contributed by atoms with Crippen LogP contribution in [-0.2, 0) is 11.0 Å². The molecule has 0 spiro atoms. The largest absolute Gasteiger partial charge is 0.493 e. The van der Waals surface area contributed by atoms with Crippen LogP contribution in [0.3, 0.4) is 0 Å². The van der Waals surface area contributed by atoms with Gasteiger partial charge in [-0.05, 0) is 43.9 Å². The lowest BCUT2D eigenvalue weighted by atomic mass is 9.81. The van der Waals surface area contributed by atoms with E-state index in [2.05, 4.69) is 15.3 Å². The Morgan fingerprint density at radius 2 is 1.97 bits per heavy atom. The second kappa shape index (κ2) is 10.3. The van der Waals surface area contributed by atoms with E-state index in [9.17, 15) is 18.0 Å². The molecule has 0 radical (unpaired) electrons. The Balaban J connectivity index is 0.00000193. The molecular weight excluding hydrogens is 435 g/mol. The number of likely N-dealkylation sites (N-methyl/N-ethyl adjacent to an activating group) is 2. The summed E-state index contributed by atoms with van der Waals surface area (Å²) >= 11 is 0. The van der Waals surface area contributed by atoms with Gasteiger partial charge in [0.25, 0.3) is 0 Å². The molecule has 2 aromatic rings. The first kappa shape index (κ1) is 26.2. The highest BCUT2D eigenvalue weighted by molar-refractivity contribution is 6.02. The van der Waals surface area contributed by atoms with Crippen molar-refractivity contribution in [2.24, 2.45) is 5.92 Å². The Labute approximate surface area is 193 Å². The molecule has 1 aromatic carbocycles. The van der Waals surface area contributed by atoms with E-state index >= 15 is 0 Å². The van der Waals surface area contributed by atoms with Crippen molar-refractivity contribution >= 4 is 23.4 Å². The van der Waals surface area contributed by atoms with Crippen molar-refractivity contribution in [2.45, 2.75) is 46.8 Å². The van der Waals surface area contributed by atoms with Gasteiger partial charge in [0.05, 0.1) is 24.9 Å². The van der Waals surface area contributed by atoms with Gasteiger partial charge >= 0.3 is 6.18 Å². The van der Waals surface area contributed by atoms with Crippen LogP contribution in [0.25, 0.3) is 0 Å². The first-order chi connectivity index (χ1) is 14.7. The minimum Gasteiger partial charge on any atom is -0.493 e. The van der Waals surface area contributed by atoms with Gasteiger partial charge in [-0.15, -0.1) is 0 Å². The van der Waals surface area contributed by atoms with Crippen molar-refractivity contribution in [3.63, 3.8) is 0 Å². The molecule has 1 aromatic heterocycles. The van der Waals surface area contributed by atoms with E-state index in [4.69, 9.17) is 4.74 Å². The van der Waals surface area contributed by atoms with Gasteiger partial charge in [-0.1, -0.05) is 20.9 Å². The van der Waals surface area contributed by atoms with Crippen LogP contribution in [0.4, 0.5) is 30.6 Å². The summed E-state index contributed by atoms with van der Waals surface area (Å²) in [6.07, 6.45) is -1.09. The maximum Gasteiger partial charge on any atom is 0.416 e.